The van der Waals surface area contributed by atoms with Crippen LogP contribution in [0.15, 0.2) is 6.33 Å². The number of alkyl halides is 1. The lowest BCUT2D eigenvalue weighted by molar-refractivity contribution is -0.149. The number of imidazole rings is 1. The van der Waals surface area contributed by atoms with Gasteiger partial charge in [0.05, 0.1) is 12.4 Å². The van der Waals surface area contributed by atoms with Gasteiger partial charge in [-0.2, -0.15) is 9.97 Å². The molecule has 0 aromatic carbocycles. The van der Waals surface area contributed by atoms with Gasteiger partial charge < -0.3 is 25.2 Å². The predicted molar refractivity (Wildman–Crippen MR) is 124 cm³/mol. The zero-order valence-corrected chi connectivity index (χ0v) is 20.8. The molecule has 0 aliphatic carbocycles. The number of ether oxygens (including phenoxy) is 2. The van der Waals surface area contributed by atoms with Crippen molar-refractivity contribution in [1.82, 2.24) is 24.6 Å². The van der Waals surface area contributed by atoms with E-state index in [0.717, 1.165) is 0 Å². The summed E-state index contributed by atoms with van der Waals surface area (Å²) in [5.74, 6) is 1.63. The number of nitrogens with zero attached hydrogens (tertiary/aromatic N) is 5. The number of terminal acetylenes is 1. The van der Waals surface area contributed by atoms with Crippen LogP contribution in [0.4, 0.5) is 16.2 Å². The fraction of sp³-hybridized carbons (Fsp3) is 0.600. The highest BCUT2D eigenvalue weighted by molar-refractivity contribution is 7.36. The fourth-order valence-corrected chi connectivity index (χ4v) is 4.21. The molecule has 0 spiro atoms. The van der Waals surface area contributed by atoms with Gasteiger partial charge in [0, 0.05) is 14.1 Å². The van der Waals surface area contributed by atoms with E-state index in [4.69, 9.17) is 26.2 Å². The van der Waals surface area contributed by atoms with Crippen molar-refractivity contribution in [3.8, 4) is 12.3 Å². The molecule has 15 heteroatoms. The number of carbonyl (C=O) groups is 1. The number of nitrogens with two attached hydrogens (primary N) is 1. The van der Waals surface area contributed by atoms with E-state index < -0.39 is 50.9 Å². The Morgan fingerprint density at radius 2 is 2.17 bits per heavy atom. The zero-order chi connectivity index (χ0) is 26.1. The lowest BCUT2D eigenvalue weighted by Crippen LogP contribution is -2.42. The number of halogens is 1. The maximum Gasteiger partial charge on any atom is 0.613 e. The number of esters is 1. The van der Waals surface area contributed by atoms with E-state index in [1.165, 1.54) is 17.8 Å². The molecule has 1 aliphatic heterocycles. The molecule has 3 rings (SSSR count). The number of hydrogen-bond donors (Lipinski definition) is 3. The Morgan fingerprint density at radius 1 is 1.49 bits per heavy atom. The molecule has 6 atom stereocenters. The summed E-state index contributed by atoms with van der Waals surface area (Å²) in [6, 6.07) is -0.928. The summed E-state index contributed by atoms with van der Waals surface area (Å²) in [5, 5.41) is 13.1. The minimum absolute atomic E-state index is 0.0836. The fourth-order valence-electron chi connectivity index (χ4n) is 3.44. The number of fused-ring (bicyclic) bond motifs is 1. The van der Waals surface area contributed by atoms with Crippen molar-refractivity contribution in [2.45, 2.75) is 57.0 Å². The molecule has 4 N–H and O–H groups in total. The largest absolute Gasteiger partial charge is 0.613 e. The van der Waals surface area contributed by atoms with Crippen LogP contribution in [0.1, 0.15) is 27.0 Å². The molecule has 2 unspecified atom stereocenters. The van der Waals surface area contributed by atoms with E-state index in [0.29, 0.717) is 11.3 Å². The molecule has 2 aromatic heterocycles. The Hall–Kier alpha value is -2.95. The highest BCUT2D eigenvalue weighted by Crippen LogP contribution is 2.43. The van der Waals surface area contributed by atoms with Gasteiger partial charge in [0.2, 0.25) is 11.6 Å². The van der Waals surface area contributed by atoms with Crippen molar-refractivity contribution in [2.24, 2.45) is 0 Å². The second kappa shape index (κ2) is 10.3. The number of rotatable bonds is 9. The molecule has 2 aromatic rings. The Balaban J connectivity index is 1.78. The van der Waals surface area contributed by atoms with Gasteiger partial charge in [-0.1, -0.05) is 11.0 Å². The molecule has 0 amide bonds. The minimum atomic E-state index is -2.70. The standard InChI is InChI=1S/C20H28FN7O6P/c1-7-20(21)14(29)12(8-32-35(31)26-11(4)17(30)33-10(2)3)34-18(20)28-9-23-13-15(27(5)6)24-19(22)25-16(13)28/h1,9-12,14,18,29H,8H2,2-6H3,(H,26,31)(H2,22,24,25)/q+1/t11-,12?,14+,18+,20+/m0/s1. The lowest BCUT2D eigenvalue weighted by atomic mass is 9.97. The van der Waals surface area contributed by atoms with Gasteiger partial charge in [-0.05, 0) is 25.3 Å². The molecular weight excluding hydrogens is 484 g/mol. The second-order valence-electron chi connectivity index (χ2n) is 8.40. The third kappa shape index (κ3) is 5.34. The molecular formula is C20H28FN7O6P+. The average molecular weight is 512 g/mol. The summed E-state index contributed by atoms with van der Waals surface area (Å²) >= 11 is 0. The summed E-state index contributed by atoms with van der Waals surface area (Å²) in [4.78, 5) is 26.0. The number of hydrogen-bond acceptors (Lipinski definition) is 11. The first kappa shape index (κ1) is 26.7. The first-order chi connectivity index (χ1) is 16.4. The smallest absolute Gasteiger partial charge is 0.462 e. The number of aliphatic hydroxyl groups excluding tert-OH is 1. The van der Waals surface area contributed by atoms with Gasteiger partial charge in [0.15, 0.2) is 23.2 Å². The number of carbonyl (C=O) groups excluding carboxylic acids is 1. The summed E-state index contributed by atoms with van der Waals surface area (Å²) in [6.07, 6.45) is 1.66. The van der Waals surface area contributed by atoms with E-state index in [9.17, 15) is 14.5 Å². The van der Waals surface area contributed by atoms with Crippen molar-refractivity contribution in [3.05, 3.63) is 6.33 Å². The maximum absolute atomic E-state index is 15.8. The second-order valence-corrected chi connectivity index (χ2v) is 9.43. The minimum Gasteiger partial charge on any atom is -0.462 e. The lowest BCUT2D eigenvalue weighted by Gasteiger charge is -2.23. The topological polar surface area (TPSA) is 167 Å². The average Bonchev–Trinajstić information content (AvgIpc) is 3.30. The van der Waals surface area contributed by atoms with Crippen LogP contribution in [0.2, 0.25) is 0 Å². The molecule has 1 fully saturated rings. The third-order valence-electron chi connectivity index (χ3n) is 5.12. The number of aliphatic hydroxyl groups is 1. The van der Waals surface area contributed by atoms with Crippen LogP contribution in [-0.2, 0) is 23.4 Å². The van der Waals surface area contributed by atoms with Crippen LogP contribution in [0, 0.1) is 12.3 Å². The molecule has 35 heavy (non-hydrogen) atoms. The SMILES string of the molecule is C#C[C@@]1(F)[C@H](O)C(CO[P+](=O)N[C@@H](C)C(=O)OC(C)C)O[C@H]1n1cnc2c(N(C)C)nc(N)nc21. The van der Waals surface area contributed by atoms with Gasteiger partial charge in [-0.25, -0.2) is 9.37 Å². The van der Waals surface area contributed by atoms with Crippen molar-refractivity contribution < 1.29 is 32.9 Å². The summed E-state index contributed by atoms with van der Waals surface area (Å²) in [5.41, 5.74) is 3.56. The molecule has 3 heterocycles. The number of nitrogen functional groups attached to an aromatic ring is 1. The van der Waals surface area contributed by atoms with E-state index in [1.54, 1.807) is 32.8 Å². The maximum atomic E-state index is 15.8. The number of anilines is 2. The molecule has 1 aliphatic rings. The van der Waals surface area contributed by atoms with E-state index in [-0.39, 0.29) is 17.7 Å². The van der Waals surface area contributed by atoms with Crippen LogP contribution < -0.4 is 15.7 Å². The predicted octanol–water partition coefficient (Wildman–Crippen LogP) is 0.678. The molecule has 13 nitrogen and oxygen atoms in total. The van der Waals surface area contributed by atoms with Crippen molar-refractivity contribution in [3.63, 3.8) is 0 Å². The van der Waals surface area contributed by atoms with Crippen LogP contribution in [0.5, 0.6) is 0 Å². The molecule has 0 radical (unpaired) electrons. The summed E-state index contributed by atoms with van der Waals surface area (Å²) < 4.78 is 45.2. The van der Waals surface area contributed by atoms with Gasteiger partial charge >= 0.3 is 14.1 Å². The number of aromatic nitrogens is 4. The molecule has 0 saturated carbocycles. The van der Waals surface area contributed by atoms with Crippen LogP contribution in [0.3, 0.4) is 0 Å². The quantitative estimate of drug-likeness (QED) is 0.245. The Morgan fingerprint density at radius 3 is 2.77 bits per heavy atom. The van der Waals surface area contributed by atoms with Gasteiger partial charge in [0.25, 0.3) is 0 Å². The third-order valence-corrected chi connectivity index (χ3v) is 6.11. The van der Waals surface area contributed by atoms with Crippen molar-refractivity contribution >= 4 is 37.1 Å². The van der Waals surface area contributed by atoms with Crippen LogP contribution in [0.25, 0.3) is 11.2 Å². The van der Waals surface area contributed by atoms with Crippen LogP contribution >= 0.6 is 8.18 Å². The van der Waals surface area contributed by atoms with Crippen molar-refractivity contribution in [1.29, 1.82) is 0 Å². The highest BCUT2D eigenvalue weighted by atomic mass is 31.1. The first-order valence-corrected chi connectivity index (χ1v) is 11.8. The summed E-state index contributed by atoms with van der Waals surface area (Å²) in [7, 11) is 0.871. The van der Waals surface area contributed by atoms with Gasteiger partial charge in [-0.3, -0.25) is 9.36 Å². The van der Waals surface area contributed by atoms with Crippen molar-refractivity contribution in [2.75, 3.05) is 31.3 Å². The van der Waals surface area contributed by atoms with E-state index in [2.05, 4.69) is 20.0 Å². The molecule has 0 bridgehead atoms. The normalized spacial score (nSPS) is 25.5. The zero-order valence-electron chi connectivity index (χ0n) is 19.9. The Labute approximate surface area is 202 Å². The van der Waals surface area contributed by atoms with Gasteiger partial charge in [-0.15, -0.1) is 10.9 Å². The monoisotopic (exact) mass is 512 g/mol. The first-order valence-electron chi connectivity index (χ1n) is 10.6. The highest BCUT2D eigenvalue weighted by Gasteiger charge is 2.58. The van der Waals surface area contributed by atoms with Gasteiger partial charge in [0.1, 0.15) is 24.9 Å². The number of nitrogens with one attached hydrogen (secondary N) is 1. The van der Waals surface area contributed by atoms with E-state index >= 15 is 4.39 Å². The van der Waals surface area contributed by atoms with Crippen LogP contribution in [-0.4, -0.2) is 81.3 Å². The Bertz CT molecular complexity index is 1150. The molecule has 1 saturated heterocycles. The molecule has 190 valence electrons. The van der Waals surface area contributed by atoms with E-state index in [1.807, 2.05) is 5.92 Å². The summed E-state index contributed by atoms with van der Waals surface area (Å²) in [6.45, 7) is 4.31. The Kier molecular flexibility index (Phi) is 7.88.